The van der Waals surface area contributed by atoms with Crippen molar-refractivity contribution in [3.8, 4) is 11.8 Å². The number of halogens is 1. The summed E-state index contributed by atoms with van der Waals surface area (Å²) in [5, 5.41) is 28.4. The zero-order valence-electron chi connectivity index (χ0n) is 17.4. The van der Waals surface area contributed by atoms with Gasteiger partial charge in [0.15, 0.2) is 5.75 Å². The molecule has 2 N–H and O–H groups in total. The van der Waals surface area contributed by atoms with Gasteiger partial charge in [0, 0.05) is 48.3 Å². The Kier molecular flexibility index (Phi) is 6.20. The molecule has 0 saturated heterocycles. The molecule has 10 heteroatoms. The lowest BCUT2D eigenvalue weighted by Gasteiger charge is -2.14. The summed E-state index contributed by atoms with van der Waals surface area (Å²) >= 11 is 6.46. The second kappa shape index (κ2) is 9.38. The quantitative estimate of drug-likeness (QED) is 0.276. The van der Waals surface area contributed by atoms with Crippen molar-refractivity contribution in [3.63, 3.8) is 0 Å². The van der Waals surface area contributed by atoms with Crippen LogP contribution in [0.3, 0.4) is 0 Å². The van der Waals surface area contributed by atoms with Gasteiger partial charge in [0.1, 0.15) is 6.07 Å². The highest BCUT2D eigenvalue weighted by Gasteiger charge is 2.20. The van der Waals surface area contributed by atoms with E-state index in [1.54, 1.807) is 24.5 Å². The minimum absolute atomic E-state index is 0.0859. The lowest BCUT2D eigenvalue weighted by atomic mass is 10.1. The molecule has 33 heavy (non-hydrogen) atoms. The Hall–Kier alpha value is -4.42. The standard InChI is InChI=1S/C23H17ClN6O3/c1-33-22-9-20-17(8-21(22)30(31)32)23(15(10-25)13-28-20)29-16-4-5-19(18(24)7-16)27-12-14-3-2-6-26-11-14/h2-9,11,13,27H,12H2,1H3,(H,28,29). The number of anilines is 3. The molecule has 0 unspecified atom stereocenters. The SMILES string of the molecule is COc1cc2ncc(C#N)c(Nc3ccc(NCc4cccnc4)c(Cl)c3)c2cc1[N+](=O)[O-]. The van der Waals surface area contributed by atoms with Gasteiger partial charge in [-0.3, -0.25) is 20.1 Å². The molecule has 0 bridgehead atoms. The van der Waals surface area contributed by atoms with Crippen molar-refractivity contribution in [3.05, 3.63) is 87.3 Å². The number of benzene rings is 2. The third-order valence-corrected chi connectivity index (χ3v) is 5.24. The molecule has 0 spiro atoms. The summed E-state index contributed by atoms with van der Waals surface area (Å²) < 4.78 is 5.12. The van der Waals surface area contributed by atoms with E-state index in [4.69, 9.17) is 16.3 Å². The second-order valence-electron chi connectivity index (χ2n) is 6.99. The molecule has 0 aliphatic carbocycles. The number of nitro groups is 1. The van der Waals surface area contributed by atoms with Gasteiger partial charge in [0.2, 0.25) is 0 Å². The fourth-order valence-corrected chi connectivity index (χ4v) is 3.56. The van der Waals surface area contributed by atoms with Gasteiger partial charge in [-0.25, -0.2) is 0 Å². The van der Waals surface area contributed by atoms with Crippen molar-refractivity contribution >= 4 is 45.3 Å². The molecule has 0 aliphatic heterocycles. The van der Waals surface area contributed by atoms with Crippen molar-refractivity contribution in [2.75, 3.05) is 17.7 Å². The summed E-state index contributed by atoms with van der Waals surface area (Å²) in [6.07, 6.45) is 4.88. The van der Waals surface area contributed by atoms with Gasteiger partial charge in [-0.2, -0.15) is 5.26 Å². The van der Waals surface area contributed by atoms with E-state index in [0.717, 1.165) is 11.3 Å². The fraction of sp³-hybridized carbons (Fsp3) is 0.0870. The van der Waals surface area contributed by atoms with E-state index in [0.29, 0.717) is 33.8 Å². The van der Waals surface area contributed by atoms with Gasteiger partial charge in [0.05, 0.1) is 39.5 Å². The number of nitrogens with zero attached hydrogens (tertiary/aromatic N) is 4. The Balaban J connectivity index is 1.68. The van der Waals surface area contributed by atoms with Gasteiger partial charge >= 0.3 is 5.69 Å². The van der Waals surface area contributed by atoms with Crippen LogP contribution >= 0.6 is 11.6 Å². The topological polar surface area (TPSA) is 126 Å². The van der Waals surface area contributed by atoms with Crippen LogP contribution in [-0.4, -0.2) is 22.0 Å². The van der Waals surface area contributed by atoms with Crippen LogP contribution in [0.25, 0.3) is 10.9 Å². The lowest BCUT2D eigenvalue weighted by Crippen LogP contribution is -2.02. The van der Waals surface area contributed by atoms with Crippen LogP contribution in [0.2, 0.25) is 5.02 Å². The van der Waals surface area contributed by atoms with Crippen molar-refractivity contribution < 1.29 is 9.66 Å². The average molecular weight is 461 g/mol. The molecule has 0 amide bonds. The minimum Gasteiger partial charge on any atom is -0.490 e. The fourth-order valence-electron chi connectivity index (χ4n) is 3.31. The highest BCUT2D eigenvalue weighted by Crippen LogP contribution is 2.37. The molecular formula is C23H17ClN6O3. The Morgan fingerprint density at radius 2 is 2.09 bits per heavy atom. The summed E-state index contributed by atoms with van der Waals surface area (Å²) in [5.41, 5.74) is 3.19. The summed E-state index contributed by atoms with van der Waals surface area (Å²) in [4.78, 5) is 19.3. The van der Waals surface area contributed by atoms with E-state index < -0.39 is 4.92 Å². The van der Waals surface area contributed by atoms with E-state index in [1.165, 1.54) is 25.4 Å². The third-order valence-electron chi connectivity index (χ3n) is 4.93. The number of rotatable bonds is 7. The van der Waals surface area contributed by atoms with Crippen LogP contribution in [0.15, 0.2) is 61.1 Å². The molecule has 0 radical (unpaired) electrons. The Bertz CT molecular complexity index is 1390. The molecule has 4 aromatic rings. The molecule has 2 aromatic heterocycles. The Labute approximate surface area is 193 Å². The summed E-state index contributed by atoms with van der Waals surface area (Å²) in [7, 11) is 1.35. The maximum absolute atomic E-state index is 11.5. The highest BCUT2D eigenvalue weighted by atomic mass is 35.5. The van der Waals surface area contributed by atoms with Gasteiger partial charge in [0.25, 0.3) is 0 Å². The van der Waals surface area contributed by atoms with E-state index in [2.05, 4.69) is 26.7 Å². The first-order valence-corrected chi connectivity index (χ1v) is 10.1. The molecule has 0 atom stereocenters. The number of ether oxygens (including phenoxy) is 1. The molecule has 4 rings (SSSR count). The number of hydrogen-bond donors (Lipinski definition) is 2. The smallest absolute Gasteiger partial charge is 0.311 e. The van der Waals surface area contributed by atoms with Crippen LogP contribution in [0.5, 0.6) is 5.75 Å². The number of nitriles is 1. The Morgan fingerprint density at radius 3 is 2.76 bits per heavy atom. The molecular weight excluding hydrogens is 444 g/mol. The van der Waals surface area contributed by atoms with Gasteiger partial charge in [-0.05, 0) is 29.8 Å². The van der Waals surface area contributed by atoms with Crippen LogP contribution in [0.4, 0.5) is 22.7 Å². The highest BCUT2D eigenvalue weighted by molar-refractivity contribution is 6.33. The van der Waals surface area contributed by atoms with Crippen molar-refractivity contribution in [1.82, 2.24) is 9.97 Å². The molecule has 164 valence electrons. The molecule has 2 aromatic carbocycles. The van der Waals surface area contributed by atoms with Crippen molar-refractivity contribution in [1.29, 1.82) is 5.26 Å². The molecule has 0 aliphatic rings. The monoisotopic (exact) mass is 460 g/mol. The largest absolute Gasteiger partial charge is 0.490 e. The third kappa shape index (κ3) is 4.61. The van der Waals surface area contributed by atoms with Crippen molar-refractivity contribution in [2.24, 2.45) is 0 Å². The van der Waals surface area contributed by atoms with Crippen LogP contribution in [0.1, 0.15) is 11.1 Å². The van der Waals surface area contributed by atoms with E-state index in [1.807, 2.05) is 18.2 Å². The van der Waals surface area contributed by atoms with Gasteiger partial charge in [-0.15, -0.1) is 0 Å². The Morgan fingerprint density at radius 1 is 1.24 bits per heavy atom. The van der Waals surface area contributed by atoms with Crippen LogP contribution in [-0.2, 0) is 6.54 Å². The minimum atomic E-state index is -0.541. The first-order valence-electron chi connectivity index (χ1n) is 9.74. The predicted octanol–water partition coefficient (Wildman–Crippen LogP) is 5.43. The first-order chi connectivity index (χ1) is 16.0. The predicted molar refractivity (Wildman–Crippen MR) is 126 cm³/mol. The molecule has 0 fully saturated rings. The zero-order chi connectivity index (χ0) is 23.4. The molecule has 2 heterocycles. The average Bonchev–Trinajstić information content (AvgIpc) is 2.83. The zero-order valence-corrected chi connectivity index (χ0v) is 18.1. The number of aromatic nitrogens is 2. The van der Waals surface area contributed by atoms with E-state index >= 15 is 0 Å². The van der Waals surface area contributed by atoms with Crippen molar-refractivity contribution in [2.45, 2.75) is 6.54 Å². The normalized spacial score (nSPS) is 10.5. The number of pyridine rings is 2. The number of hydrogen-bond acceptors (Lipinski definition) is 8. The van der Waals surface area contributed by atoms with Gasteiger partial charge in [-0.1, -0.05) is 17.7 Å². The maximum Gasteiger partial charge on any atom is 0.311 e. The van der Waals surface area contributed by atoms with Crippen LogP contribution < -0.4 is 15.4 Å². The first kappa shape index (κ1) is 21.8. The molecule has 0 saturated carbocycles. The summed E-state index contributed by atoms with van der Waals surface area (Å²) in [5.74, 6) is 0.0859. The number of fused-ring (bicyclic) bond motifs is 1. The maximum atomic E-state index is 11.5. The number of nitrogens with one attached hydrogen (secondary N) is 2. The van der Waals surface area contributed by atoms with E-state index in [9.17, 15) is 15.4 Å². The summed E-state index contributed by atoms with van der Waals surface area (Å²) in [6, 6.07) is 14.0. The van der Waals surface area contributed by atoms with Crippen LogP contribution in [0, 0.1) is 21.4 Å². The number of methoxy groups -OCH3 is 1. The van der Waals surface area contributed by atoms with Gasteiger partial charge < -0.3 is 15.4 Å². The van der Waals surface area contributed by atoms with E-state index in [-0.39, 0.29) is 17.0 Å². The molecule has 9 nitrogen and oxygen atoms in total. The summed E-state index contributed by atoms with van der Waals surface area (Å²) in [6.45, 7) is 0.555. The lowest BCUT2D eigenvalue weighted by molar-refractivity contribution is -0.385. The number of nitro benzene ring substituents is 1. The second-order valence-corrected chi connectivity index (χ2v) is 7.40.